The fourth-order valence-corrected chi connectivity index (χ4v) is 2.93. The molecule has 0 spiro atoms. The Kier molecular flexibility index (Phi) is 11.1. The zero-order chi connectivity index (χ0) is 15.7. The number of hydrogen-bond donors (Lipinski definition) is 2. The van der Waals surface area contributed by atoms with E-state index in [2.05, 4.69) is 23.6 Å². The molecular formula is C16H27ClN2O2S. The van der Waals surface area contributed by atoms with Gasteiger partial charge in [0.1, 0.15) is 5.75 Å². The molecule has 0 saturated heterocycles. The fourth-order valence-electron chi connectivity index (χ4n) is 1.88. The third-order valence-corrected chi connectivity index (χ3v) is 4.56. The minimum Gasteiger partial charge on any atom is -0.496 e. The number of nitrogens with one attached hydrogen (secondary N) is 2. The van der Waals surface area contributed by atoms with Crippen molar-refractivity contribution in [3.05, 3.63) is 24.3 Å². The van der Waals surface area contributed by atoms with Gasteiger partial charge in [-0.15, -0.1) is 24.2 Å². The van der Waals surface area contributed by atoms with Gasteiger partial charge in [-0.1, -0.05) is 26.0 Å². The molecule has 0 aliphatic carbocycles. The van der Waals surface area contributed by atoms with Gasteiger partial charge in [0.15, 0.2) is 0 Å². The number of para-hydroxylation sites is 1. The first-order chi connectivity index (χ1) is 10.1. The van der Waals surface area contributed by atoms with E-state index in [0.717, 1.165) is 16.4 Å². The van der Waals surface area contributed by atoms with Crippen LogP contribution in [-0.4, -0.2) is 38.9 Å². The van der Waals surface area contributed by atoms with E-state index in [0.29, 0.717) is 19.0 Å². The Morgan fingerprint density at radius 1 is 1.27 bits per heavy atom. The molecule has 1 aromatic carbocycles. The summed E-state index contributed by atoms with van der Waals surface area (Å²) in [6.07, 6.45) is 0. The standard InChI is InChI=1S/C16H26N2O2S.ClH/c1-12(9-18-16(19)13(2)10-17-3)11-21-15-8-6-5-7-14(15)20-4;/h5-8,12-13,17H,9-11H2,1-4H3,(H,18,19);1H. The molecule has 1 aromatic rings. The van der Waals surface area contributed by atoms with Crippen molar-refractivity contribution in [2.45, 2.75) is 18.7 Å². The lowest BCUT2D eigenvalue weighted by atomic mass is 10.1. The van der Waals surface area contributed by atoms with Crippen LogP contribution in [0, 0.1) is 11.8 Å². The maximum Gasteiger partial charge on any atom is 0.224 e. The summed E-state index contributed by atoms with van der Waals surface area (Å²) >= 11 is 1.76. The summed E-state index contributed by atoms with van der Waals surface area (Å²) < 4.78 is 5.34. The van der Waals surface area contributed by atoms with Crippen molar-refractivity contribution >= 4 is 30.1 Å². The number of thioether (sulfide) groups is 1. The number of methoxy groups -OCH3 is 1. The van der Waals surface area contributed by atoms with E-state index in [1.807, 2.05) is 32.2 Å². The second kappa shape index (κ2) is 11.6. The summed E-state index contributed by atoms with van der Waals surface area (Å²) in [6.45, 7) is 5.48. The molecule has 2 N–H and O–H groups in total. The van der Waals surface area contributed by atoms with Crippen molar-refractivity contribution in [1.29, 1.82) is 0 Å². The summed E-state index contributed by atoms with van der Waals surface area (Å²) in [6, 6.07) is 8.00. The van der Waals surface area contributed by atoms with E-state index in [4.69, 9.17) is 4.74 Å². The summed E-state index contributed by atoms with van der Waals surface area (Å²) in [5, 5.41) is 6.02. The molecule has 0 bridgehead atoms. The maximum atomic E-state index is 11.8. The minimum absolute atomic E-state index is 0. The van der Waals surface area contributed by atoms with Crippen molar-refractivity contribution in [1.82, 2.24) is 10.6 Å². The van der Waals surface area contributed by atoms with Crippen LogP contribution in [0.25, 0.3) is 0 Å². The van der Waals surface area contributed by atoms with E-state index < -0.39 is 0 Å². The summed E-state index contributed by atoms with van der Waals surface area (Å²) in [5.41, 5.74) is 0. The van der Waals surface area contributed by atoms with E-state index >= 15 is 0 Å². The van der Waals surface area contributed by atoms with Crippen LogP contribution < -0.4 is 15.4 Å². The zero-order valence-electron chi connectivity index (χ0n) is 13.7. The molecule has 0 radical (unpaired) electrons. The van der Waals surface area contributed by atoms with Gasteiger partial charge in [0.25, 0.3) is 0 Å². The largest absolute Gasteiger partial charge is 0.496 e. The third kappa shape index (κ3) is 7.38. The van der Waals surface area contributed by atoms with Gasteiger partial charge in [-0.2, -0.15) is 0 Å². The van der Waals surface area contributed by atoms with Gasteiger partial charge in [0.05, 0.1) is 7.11 Å². The average Bonchev–Trinajstić information content (AvgIpc) is 2.50. The normalized spacial score (nSPS) is 12.9. The van der Waals surface area contributed by atoms with E-state index in [-0.39, 0.29) is 24.2 Å². The van der Waals surface area contributed by atoms with Crippen molar-refractivity contribution in [3.8, 4) is 5.75 Å². The quantitative estimate of drug-likeness (QED) is 0.675. The lowest BCUT2D eigenvalue weighted by Crippen LogP contribution is -2.36. The topological polar surface area (TPSA) is 50.4 Å². The average molecular weight is 347 g/mol. The number of rotatable bonds is 9. The Morgan fingerprint density at radius 2 is 1.95 bits per heavy atom. The molecular weight excluding hydrogens is 320 g/mol. The van der Waals surface area contributed by atoms with Gasteiger partial charge >= 0.3 is 0 Å². The van der Waals surface area contributed by atoms with Gasteiger partial charge < -0.3 is 15.4 Å². The molecule has 0 aromatic heterocycles. The first-order valence-corrected chi connectivity index (χ1v) is 8.25. The summed E-state index contributed by atoms with van der Waals surface area (Å²) in [4.78, 5) is 13.0. The minimum atomic E-state index is 0. The molecule has 2 unspecified atom stereocenters. The van der Waals surface area contributed by atoms with Crippen LogP contribution in [0.4, 0.5) is 0 Å². The lowest BCUT2D eigenvalue weighted by Gasteiger charge is -2.16. The van der Waals surface area contributed by atoms with Gasteiger partial charge in [0.2, 0.25) is 5.91 Å². The number of hydrogen-bond acceptors (Lipinski definition) is 4. The van der Waals surface area contributed by atoms with Crippen LogP contribution in [0.15, 0.2) is 29.2 Å². The van der Waals surface area contributed by atoms with Crippen LogP contribution in [-0.2, 0) is 4.79 Å². The Morgan fingerprint density at radius 3 is 2.59 bits per heavy atom. The molecule has 1 amide bonds. The molecule has 6 heteroatoms. The number of carbonyl (C=O) groups excluding carboxylic acids is 1. The van der Waals surface area contributed by atoms with Gasteiger partial charge in [-0.05, 0) is 25.1 Å². The monoisotopic (exact) mass is 346 g/mol. The molecule has 22 heavy (non-hydrogen) atoms. The predicted octanol–water partition coefficient (Wildman–Crippen LogP) is 2.82. The molecule has 1 rings (SSSR count). The zero-order valence-corrected chi connectivity index (χ0v) is 15.4. The maximum absolute atomic E-state index is 11.8. The van der Waals surface area contributed by atoms with Crippen LogP contribution in [0.1, 0.15) is 13.8 Å². The van der Waals surface area contributed by atoms with E-state index in [1.54, 1.807) is 18.9 Å². The molecule has 0 aliphatic rings. The number of carbonyl (C=O) groups is 1. The van der Waals surface area contributed by atoms with Crippen LogP contribution in [0.3, 0.4) is 0 Å². The lowest BCUT2D eigenvalue weighted by molar-refractivity contribution is -0.124. The highest BCUT2D eigenvalue weighted by Crippen LogP contribution is 2.29. The predicted molar refractivity (Wildman–Crippen MR) is 96.2 cm³/mol. The molecule has 0 aliphatic heterocycles. The Bertz CT molecular complexity index is 446. The first-order valence-electron chi connectivity index (χ1n) is 7.26. The summed E-state index contributed by atoms with van der Waals surface area (Å²) in [7, 11) is 3.54. The van der Waals surface area contributed by atoms with Gasteiger partial charge in [0, 0.05) is 29.7 Å². The second-order valence-electron chi connectivity index (χ2n) is 5.27. The highest BCUT2D eigenvalue weighted by Gasteiger charge is 2.13. The third-order valence-electron chi connectivity index (χ3n) is 3.18. The first kappa shape index (κ1) is 21.1. The van der Waals surface area contributed by atoms with Crippen molar-refractivity contribution in [2.75, 3.05) is 33.0 Å². The second-order valence-corrected chi connectivity index (χ2v) is 6.33. The van der Waals surface area contributed by atoms with Crippen molar-refractivity contribution in [2.24, 2.45) is 11.8 Å². The molecule has 0 saturated carbocycles. The van der Waals surface area contributed by atoms with E-state index in [9.17, 15) is 4.79 Å². The number of halogens is 1. The van der Waals surface area contributed by atoms with Crippen molar-refractivity contribution < 1.29 is 9.53 Å². The smallest absolute Gasteiger partial charge is 0.224 e. The molecule has 126 valence electrons. The molecule has 4 nitrogen and oxygen atoms in total. The Hall–Kier alpha value is -0.910. The number of amides is 1. The van der Waals surface area contributed by atoms with Gasteiger partial charge in [-0.3, -0.25) is 4.79 Å². The molecule has 0 heterocycles. The SMILES string of the molecule is CNCC(C)C(=O)NCC(C)CSc1ccccc1OC.Cl. The van der Waals surface area contributed by atoms with Crippen molar-refractivity contribution in [3.63, 3.8) is 0 Å². The van der Waals surface area contributed by atoms with Crippen LogP contribution >= 0.6 is 24.2 Å². The fraction of sp³-hybridized carbons (Fsp3) is 0.562. The number of benzene rings is 1. The number of ether oxygens (including phenoxy) is 1. The Balaban J connectivity index is 0.00000441. The molecule has 0 fully saturated rings. The van der Waals surface area contributed by atoms with E-state index in [1.165, 1.54) is 0 Å². The van der Waals surface area contributed by atoms with Crippen LogP contribution in [0.2, 0.25) is 0 Å². The summed E-state index contributed by atoms with van der Waals surface area (Å²) in [5.74, 6) is 2.37. The Labute approximate surface area is 144 Å². The highest BCUT2D eigenvalue weighted by atomic mass is 35.5. The molecule has 2 atom stereocenters. The van der Waals surface area contributed by atoms with Gasteiger partial charge in [-0.25, -0.2) is 0 Å². The van der Waals surface area contributed by atoms with Crippen LogP contribution in [0.5, 0.6) is 5.75 Å². The highest BCUT2D eigenvalue weighted by molar-refractivity contribution is 7.99.